The van der Waals surface area contributed by atoms with E-state index < -0.39 is 23.8 Å². The fraction of sp³-hybridized carbons (Fsp3) is 0.600. The Morgan fingerprint density at radius 3 is 1.91 bits per heavy atom. The maximum atomic E-state index is 12.4. The quantitative estimate of drug-likeness (QED) is 0.632. The second-order valence-electron chi connectivity index (χ2n) is 1.97. The Kier molecular flexibility index (Phi) is 2.61. The van der Waals surface area contributed by atoms with Crippen molar-refractivity contribution in [2.75, 3.05) is 0 Å². The molecule has 0 amide bonds. The first-order chi connectivity index (χ1) is 4.80. The normalized spacial score (nSPS) is 16.1. The number of carbonyl (C=O) groups is 2. The first-order valence-electron chi connectivity index (χ1n) is 2.55. The monoisotopic (exact) mass is 170 g/mol. The highest BCUT2D eigenvalue weighted by Gasteiger charge is 2.45. The van der Waals surface area contributed by atoms with Gasteiger partial charge in [0.25, 0.3) is 12.1 Å². The van der Waals surface area contributed by atoms with Crippen LogP contribution in [-0.2, 0) is 9.59 Å². The number of carboxylic acids is 1. The van der Waals surface area contributed by atoms with Crippen LogP contribution in [0.15, 0.2) is 0 Å². The van der Waals surface area contributed by atoms with E-state index in [0.29, 0.717) is 0 Å². The molecule has 0 heterocycles. The smallest absolute Gasteiger partial charge is 0.349 e. The lowest BCUT2D eigenvalue weighted by Crippen LogP contribution is -2.42. The number of hydrogen-bond acceptors (Lipinski definition) is 2. The molecule has 0 aliphatic rings. The number of carboxylic acid groups (broad SMARTS) is 1. The third kappa shape index (κ3) is 1.92. The Bertz CT molecular complexity index is 187. The number of aliphatic carboxylic acids is 1. The highest BCUT2D eigenvalue weighted by molar-refractivity contribution is 6.07. The van der Waals surface area contributed by atoms with Crippen LogP contribution in [0.2, 0.25) is 0 Å². The zero-order chi connectivity index (χ0) is 9.23. The predicted molar refractivity (Wildman–Crippen MR) is 28.2 cm³/mol. The van der Waals surface area contributed by atoms with Gasteiger partial charge in [-0.1, -0.05) is 0 Å². The summed E-state index contributed by atoms with van der Waals surface area (Å²) in [5.41, 5.74) is -3.49. The molecule has 0 aromatic carbocycles. The van der Waals surface area contributed by atoms with E-state index in [1.807, 2.05) is 0 Å². The average molecular weight is 170 g/mol. The molecule has 11 heavy (non-hydrogen) atoms. The van der Waals surface area contributed by atoms with Gasteiger partial charge in [-0.25, -0.2) is 18.0 Å². The molecule has 0 fully saturated rings. The summed E-state index contributed by atoms with van der Waals surface area (Å²) in [5.74, 6) is -4.44. The van der Waals surface area contributed by atoms with Crippen molar-refractivity contribution in [3.8, 4) is 0 Å². The number of ketones is 1. The number of rotatable bonds is 3. The Balaban J connectivity index is 4.56. The molecule has 0 aliphatic carbocycles. The fourth-order valence-electron chi connectivity index (χ4n) is 0.310. The Morgan fingerprint density at radius 2 is 1.82 bits per heavy atom. The molecule has 3 nitrogen and oxygen atoms in total. The van der Waals surface area contributed by atoms with E-state index in [4.69, 9.17) is 5.11 Å². The summed E-state index contributed by atoms with van der Waals surface area (Å²) in [6.07, 6.45) is -3.60. The van der Waals surface area contributed by atoms with E-state index in [1.54, 1.807) is 0 Å². The van der Waals surface area contributed by atoms with Crippen molar-refractivity contribution in [3.63, 3.8) is 0 Å². The summed E-state index contributed by atoms with van der Waals surface area (Å²) in [6.45, 7) is 0.282. The Morgan fingerprint density at radius 1 is 1.45 bits per heavy atom. The second-order valence-corrected chi connectivity index (χ2v) is 1.97. The molecule has 0 aliphatic heterocycles. The molecule has 0 saturated carbocycles. The predicted octanol–water partition coefficient (Wildman–Crippen LogP) is 0.633. The van der Waals surface area contributed by atoms with Gasteiger partial charge in [-0.3, -0.25) is 4.79 Å². The van der Waals surface area contributed by atoms with Crippen LogP contribution in [0.4, 0.5) is 13.2 Å². The first-order valence-corrected chi connectivity index (χ1v) is 2.55. The molecule has 6 heteroatoms. The average Bonchev–Trinajstić information content (AvgIpc) is 1.85. The minimum atomic E-state index is -3.60. The van der Waals surface area contributed by atoms with Crippen LogP contribution >= 0.6 is 0 Å². The summed E-state index contributed by atoms with van der Waals surface area (Å²) in [5, 5.41) is 7.93. The lowest BCUT2D eigenvalue weighted by Gasteiger charge is -2.11. The van der Waals surface area contributed by atoms with Crippen molar-refractivity contribution in [2.45, 2.75) is 19.0 Å². The van der Waals surface area contributed by atoms with Crippen LogP contribution in [0.1, 0.15) is 6.92 Å². The highest BCUT2D eigenvalue weighted by Crippen LogP contribution is 2.16. The summed E-state index contributed by atoms with van der Waals surface area (Å²) >= 11 is 0. The second kappa shape index (κ2) is 2.89. The number of Topliss-reactive ketones (excluding diaryl/α,β-unsaturated/α-hetero) is 1. The summed E-state index contributed by atoms with van der Waals surface area (Å²) in [7, 11) is 0. The van der Waals surface area contributed by atoms with Crippen LogP contribution in [-0.4, -0.2) is 29.0 Å². The minimum absolute atomic E-state index is 0.282. The molecule has 1 N–H and O–H groups in total. The van der Waals surface area contributed by atoms with Crippen LogP contribution in [0.25, 0.3) is 0 Å². The van der Waals surface area contributed by atoms with Gasteiger partial charge in [-0.2, -0.15) is 0 Å². The van der Waals surface area contributed by atoms with Crippen molar-refractivity contribution in [1.82, 2.24) is 0 Å². The molecule has 0 aromatic heterocycles. The maximum Gasteiger partial charge on any atom is 0.349 e. The fourth-order valence-corrected chi connectivity index (χ4v) is 0.310. The van der Waals surface area contributed by atoms with Gasteiger partial charge < -0.3 is 5.11 Å². The molecule has 0 bridgehead atoms. The molecular weight excluding hydrogens is 165 g/mol. The summed E-state index contributed by atoms with van der Waals surface area (Å²) in [4.78, 5) is 19.9. The molecule has 0 spiro atoms. The van der Waals surface area contributed by atoms with E-state index in [9.17, 15) is 22.8 Å². The van der Waals surface area contributed by atoms with Crippen molar-refractivity contribution >= 4 is 11.8 Å². The zero-order valence-corrected chi connectivity index (χ0v) is 5.47. The van der Waals surface area contributed by atoms with Crippen molar-refractivity contribution < 1.29 is 27.9 Å². The number of halogens is 3. The van der Waals surface area contributed by atoms with Crippen LogP contribution in [0.5, 0.6) is 0 Å². The van der Waals surface area contributed by atoms with Gasteiger partial charge >= 0.3 is 5.97 Å². The zero-order valence-electron chi connectivity index (χ0n) is 5.47. The van der Waals surface area contributed by atoms with Gasteiger partial charge in [0.1, 0.15) is 0 Å². The third-order valence-electron chi connectivity index (χ3n) is 1.06. The highest BCUT2D eigenvalue weighted by atomic mass is 19.3. The number of alkyl halides is 3. The van der Waals surface area contributed by atoms with Gasteiger partial charge in [0.15, 0.2) is 0 Å². The minimum Gasteiger partial charge on any atom is -0.479 e. The molecule has 64 valence electrons. The van der Waals surface area contributed by atoms with Crippen molar-refractivity contribution in [2.24, 2.45) is 0 Å². The molecular formula is C5H5F3O3. The van der Waals surface area contributed by atoms with E-state index in [2.05, 4.69) is 0 Å². The SMILES string of the molecule is CC(F)(C(=O)O)C(=O)C(F)F. The van der Waals surface area contributed by atoms with E-state index in [-0.39, 0.29) is 6.92 Å². The topological polar surface area (TPSA) is 54.4 Å². The maximum absolute atomic E-state index is 12.4. The van der Waals surface area contributed by atoms with Crippen LogP contribution in [0, 0.1) is 0 Å². The molecule has 0 rings (SSSR count). The van der Waals surface area contributed by atoms with Gasteiger partial charge in [0, 0.05) is 0 Å². The van der Waals surface area contributed by atoms with Gasteiger partial charge in [0.2, 0.25) is 5.78 Å². The van der Waals surface area contributed by atoms with E-state index >= 15 is 0 Å². The first kappa shape index (κ1) is 9.93. The van der Waals surface area contributed by atoms with Gasteiger partial charge in [0.05, 0.1) is 0 Å². The van der Waals surface area contributed by atoms with Gasteiger partial charge in [-0.15, -0.1) is 0 Å². The lowest BCUT2D eigenvalue weighted by molar-refractivity contribution is -0.160. The van der Waals surface area contributed by atoms with E-state index in [0.717, 1.165) is 0 Å². The summed E-state index contributed by atoms with van der Waals surface area (Å²) in [6, 6.07) is 0. The standard InChI is InChI=1S/C5H5F3O3/c1-5(8,4(10)11)2(9)3(6)7/h3H,1H3,(H,10,11). The number of hydrogen-bond donors (Lipinski definition) is 1. The third-order valence-corrected chi connectivity index (χ3v) is 1.06. The Hall–Kier alpha value is -1.07. The molecule has 0 saturated heterocycles. The van der Waals surface area contributed by atoms with Gasteiger partial charge in [-0.05, 0) is 6.92 Å². The molecule has 0 radical (unpaired) electrons. The van der Waals surface area contributed by atoms with Crippen LogP contribution < -0.4 is 0 Å². The van der Waals surface area contributed by atoms with Crippen molar-refractivity contribution in [1.29, 1.82) is 0 Å². The lowest BCUT2D eigenvalue weighted by atomic mass is 10.0. The largest absolute Gasteiger partial charge is 0.479 e. The number of carbonyl (C=O) groups excluding carboxylic acids is 1. The van der Waals surface area contributed by atoms with Crippen LogP contribution in [0.3, 0.4) is 0 Å². The molecule has 1 atom stereocenters. The Labute approximate surface area is 59.8 Å². The molecule has 0 aromatic rings. The van der Waals surface area contributed by atoms with Crippen molar-refractivity contribution in [3.05, 3.63) is 0 Å². The summed E-state index contributed by atoms with van der Waals surface area (Å²) < 4.78 is 35.3. The molecule has 1 unspecified atom stereocenters. The van der Waals surface area contributed by atoms with E-state index in [1.165, 1.54) is 0 Å².